The van der Waals surface area contributed by atoms with Crippen LogP contribution in [-0.4, -0.2) is 41.8 Å². The molecular formula is C11H15ClN5O4P. The molecule has 0 saturated heterocycles. The number of fused-ring (bicyclic) bond motifs is 1. The Morgan fingerprint density at radius 1 is 1.59 bits per heavy atom. The van der Waals surface area contributed by atoms with Gasteiger partial charge in [0, 0.05) is 6.54 Å². The van der Waals surface area contributed by atoms with Crippen LogP contribution in [-0.2, 0) is 15.8 Å². The van der Waals surface area contributed by atoms with Crippen molar-refractivity contribution in [3.8, 4) is 0 Å². The van der Waals surface area contributed by atoms with E-state index in [1.807, 2.05) is 0 Å². The Bertz CT molecular complexity index is 758. The maximum Gasteiger partial charge on any atom is 0.351 e. The number of hydrogen-bond acceptors (Lipinski definition) is 6. The number of anilines is 1. The molecule has 2 aromatic heterocycles. The third-order valence-electron chi connectivity index (χ3n) is 2.88. The molecule has 2 heterocycles. The lowest BCUT2D eigenvalue weighted by molar-refractivity contribution is 0.110. The number of rotatable bonds is 6. The summed E-state index contributed by atoms with van der Waals surface area (Å²) in [6, 6.07) is 0. The number of aromatic nitrogens is 4. The summed E-state index contributed by atoms with van der Waals surface area (Å²) in [7, 11) is -4.22. The van der Waals surface area contributed by atoms with Gasteiger partial charge in [0.05, 0.1) is 12.4 Å². The van der Waals surface area contributed by atoms with E-state index in [4.69, 9.17) is 31.9 Å². The van der Waals surface area contributed by atoms with Gasteiger partial charge in [-0.3, -0.25) is 4.57 Å². The van der Waals surface area contributed by atoms with Crippen molar-refractivity contribution in [3.63, 3.8) is 0 Å². The molecule has 4 N–H and O–H groups in total. The SMILES string of the molecule is C=C(Cn1cnc2c(Cl)nc(N)nc21)[C@@H](C)OCP(=O)(O)O. The number of nitrogen functional groups attached to an aromatic ring is 1. The van der Waals surface area contributed by atoms with Gasteiger partial charge in [-0.2, -0.15) is 9.97 Å². The Labute approximate surface area is 130 Å². The van der Waals surface area contributed by atoms with Crippen LogP contribution in [0.2, 0.25) is 5.15 Å². The summed E-state index contributed by atoms with van der Waals surface area (Å²) in [6.45, 7) is 5.78. The van der Waals surface area contributed by atoms with E-state index < -0.39 is 20.0 Å². The van der Waals surface area contributed by atoms with Gasteiger partial charge < -0.3 is 24.8 Å². The largest absolute Gasteiger partial charge is 0.368 e. The molecule has 0 fully saturated rings. The van der Waals surface area contributed by atoms with Crippen LogP contribution in [0.4, 0.5) is 5.95 Å². The van der Waals surface area contributed by atoms with Gasteiger partial charge in [-0.25, -0.2) is 4.98 Å². The lowest BCUT2D eigenvalue weighted by Gasteiger charge is -2.17. The fourth-order valence-electron chi connectivity index (χ4n) is 1.72. The van der Waals surface area contributed by atoms with Gasteiger partial charge in [0.25, 0.3) is 0 Å². The van der Waals surface area contributed by atoms with Crippen LogP contribution in [0, 0.1) is 0 Å². The maximum atomic E-state index is 10.8. The molecule has 0 aliphatic rings. The third-order valence-corrected chi connectivity index (χ3v) is 3.63. The quantitative estimate of drug-likeness (QED) is 0.402. The monoisotopic (exact) mass is 347 g/mol. The highest BCUT2D eigenvalue weighted by molar-refractivity contribution is 7.51. The molecule has 0 aliphatic heterocycles. The molecular weight excluding hydrogens is 333 g/mol. The van der Waals surface area contributed by atoms with E-state index in [9.17, 15) is 4.57 Å². The topological polar surface area (TPSA) is 136 Å². The van der Waals surface area contributed by atoms with Gasteiger partial charge in [0.2, 0.25) is 5.95 Å². The second-order valence-corrected chi connectivity index (χ2v) is 6.62. The fraction of sp³-hybridized carbons (Fsp3) is 0.364. The highest BCUT2D eigenvalue weighted by atomic mass is 35.5. The van der Waals surface area contributed by atoms with Crippen molar-refractivity contribution in [1.29, 1.82) is 0 Å². The second-order valence-electron chi connectivity index (χ2n) is 4.68. The molecule has 120 valence electrons. The molecule has 0 saturated carbocycles. The summed E-state index contributed by atoms with van der Waals surface area (Å²) in [5.41, 5.74) is 7.00. The van der Waals surface area contributed by atoms with Gasteiger partial charge in [0.15, 0.2) is 10.8 Å². The standard InChI is InChI=1S/C11H15ClN5O4P/c1-6(7(2)21-5-22(18,19)20)3-17-4-14-8-9(12)15-11(13)16-10(8)17/h4,7H,1,3,5H2,2H3,(H2,13,15,16)(H2,18,19,20)/t7-/m1/s1. The Kier molecular flexibility index (Phi) is 4.84. The zero-order valence-electron chi connectivity index (χ0n) is 11.7. The Hall–Kier alpha value is -1.51. The van der Waals surface area contributed by atoms with Crippen molar-refractivity contribution in [2.24, 2.45) is 0 Å². The van der Waals surface area contributed by atoms with Crippen molar-refractivity contribution in [2.45, 2.75) is 19.6 Å². The van der Waals surface area contributed by atoms with Crippen molar-refractivity contribution in [1.82, 2.24) is 19.5 Å². The van der Waals surface area contributed by atoms with Crippen LogP contribution < -0.4 is 5.73 Å². The first-order chi connectivity index (χ1) is 10.2. The molecule has 22 heavy (non-hydrogen) atoms. The van der Waals surface area contributed by atoms with Crippen molar-refractivity contribution in [2.75, 3.05) is 12.1 Å². The highest BCUT2D eigenvalue weighted by Crippen LogP contribution is 2.34. The van der Waals surface area contributed by atoms with Crippen LogP contribution in [0.15, 0.2) is 18.5 Å². The molecule has 0 radical (unpaired) electrons. The maximum absolute atomic E-state index is 10.8. The minimum absolute atomic E-state index is 0.0238. The number of halogens is 1. The minimum Gasteiger partial charge on any atom is -0.368 e. The van der Waals surface area contributed by atoms with Gasteiger partial charge in [0.1, 0.15) is 11.9 Å². The van der Waals surface area contributed by atoms with E-state index in [-0.39, 0.29) is 17.6 Å². The van der Waals surface area contributed by atoms with Crippen LogP contribution in [0.25, 0.3) is 11.2 Å². The Morgan fingerprint density at radius 2 is 2.27 bits per heavy atom. The van der Waals surface area contributed by atoms with E-state index in [1.165, 1.54) is 6.33 Å². The number of hydrogen-bond donors (Lipinski definition) is 3. The minimum atomic E-state index is -4.22. The van der Waals surface area contributed by atoms with Gasteiger partial charge >= 0.3 is 7.60 Å². The molecule has 0 bridgehead atoms. The molecule has 1 atom stereocenters. The Morgan fingerprint density at radius 3 is 2.91 bits per heavy atom. The third kappa shape index (κ3) is 4.02. The molecule has 11 heteroatoms. The summed E-state index contributed by atoms with van der Waals surface area (Å²) in [4.78, 5) is 29.6. The first-order valence-electron chi connectivity index (χ1n) is 6.15. The summed E-state index contributed by atoms with van der Waals surface area (Å²) >= 11 is 5.93. The molecule has 0 aliphatic carbocycles. The van der Waals surface area contributed by atoms with Crippen LogP contribution in [0.3, 0.4) is 0 Å². The normalized spacial score (nSPS) is 13.5. The van der Waals surface area contributed by atoms with Crippen molar-refractivity contribution < 1.29 is 19.1 Å². The second kappa shape index (κ2) is 6.31. The van der Waals surface area contributed by atoms with Gasteiger partial charge in [-0.1, -0.05) is 18.2 Å². The number of ether oxygens (including phenoxy) is 1. The molecule has 0 unspecified atom stereocenters. The summed E-state index contributed by atoms with van der Waals surface area (Å²) in [5.74, 6) is 0.0238. The molecule has 0 aromatic carbocycles. The predicted octanol–water partition coefficient (Wildman–Crippen LogP) is 1.16. The van der Waals surface area contributed by atoms with Crippen LogP contribution in [0.1, 0.15) is 6.92 Å². The predicted molar refractivity (Wildman–Crippen MR) is 81.3 cm³/mol. The average molecular weight is 348 g/mol. The highest BCUT2D eigenvalue weighted by Gasteiger charge is 2.18. The van der Waals surface area contributed by atoms with Crippen molar-refractivity contribution in [3.05, 3.63) is 23.6 Å². The van der Waals surface area contributed by atoms with Crippen molar-refractivity contribution >= 4 is 36.3 Å². The summed E-state index contributed by atoms with van der Waals surface area (Å²) in [5, 5.41) is 0.151. The van der Waals surface area contributed by atoms with E-state index in [1.54, 1.807) is 11.5 Å². The first-order valence-corrected chi connectivity index (χ1v) is 8.32. The molecule has 0 amide bonds. The van der Waals surface area contributed by atoms with E-state index in [0.29, 0.717) is 16.7 Å². The van der Waals surface area contributed by atoms with Crippen LogP contribution >= 0.6 is 19.2 Å². The van der Waals surface area contributed by atoms with E-state index in [0.717, 1.165) is 0 Å². The summed E-state index contributed by atoms with van der Waals surface area (Å²) in [6.07, 6.45) is 0.282. The van der Waals surface area contributed by atoms with Gasteiger partial charge in [-0.15, -0.1) is 0 Å². The average Bonchev–Trinajstić information content (AvgIpc) is 2.78. The molecule has 0 spiro atoms. The number of nitrogens with zero attached hydrogens (tertiary/aromatic N) is 4. The fourth-order valence-corrected chi connectivity index (χ4v) is 2.35. The molecule has 2 rings (SSSR count). The lowest BCUT2D eigenvalue weighted by atomic mass is 10.2. The van der Waals surface area contributed by atoms with E-state index >= 15 is 0 Å². The Balaban J connectivity index is 2.13. The van der Waals surface area contributed by atoms with E-state index in [2.05, 4.69) is 21.5 Å². The van der Waals surface area contributed by atoms with Gasteiger partial charge in [-0.05, 0) is 12.5 Å². The lowest BCUT2D eigenvalue weighted by Crippen LogP contribution is -2.16. The molecule has 9 nitrogen and oxygen atoms in total. The number of imidazole rings is 1. The molecule has 2 aromatic rings. The van der Waals surface area contributed by atoms with Crippen LogP contribution in [0.5, 0.6) is 0 Å². The summed E-state index contributed by atoms with van der Waals surface area (Å²) < 4.78 is 17.6. The zero-order valence-corrected chi connectivity index (χ0v) is 13.3. The smallest absolute Gasteiger partial charge is 0.351 e. The zero-order chi connectivity index (χ0) is 16.5. The number of nitrogens with two attached hydrogens (primary N) is 1. The first kappa shape index (κ1) is 16.9.